The summed E-state index contributed by atoms with van der Waals surface area (Å²) in [5, 5.41) is 0. The molecule has 20 heavy (non-hydrogen) atoms. The Morgan fingerprint density at radius 1 is 1.30 bits per heavy atom. The molecule has 1 unspecified atom stereocenters. The number of rotatable bonds is 7. The van der Waals surface area contributed by atoms with Crippen LogP contribution in [-0.2, 0) is 6.54 Å². The van der Waals surface area contributed by atoms with Gasteiger partial charge in [0.2, 0.25) is 0 Å². The Hall–Kier alpha value is -0.980. The van der Waals surface area contributed by atoms with Gasteiger partial charge in [0.1, 0.15) is 0 Å². The number of hydrogen-bond donors (Lipinski definition) is 1. The van der Waals surface area contributed by atoms with Crippen LogP contribution in [-0.4, -0.2) is 63.1 Å². The lowest BCUT2D eigenvalue weighted by atomic mass is 10.1. The Labute approximate surface area is 126 Å². The van der Waals surface area contributed by atoms with Gasteiger partial charge in [0.05, 0.1) is 17.4 Å². The van der Waals surface area contributed by atoms with Crippen molar-refractivity contribution in [1.82, 2.24) is 19.4 Å². The van der Waals surface area contributed by atoms with Crippen molar-refractivity contribution in [2.24, 2.45) is 5.73 Å². The molecular weight excluding hydrogens is 270 g/mol. The molecule has 1 aliphatic heterocycles. The number of piperazine rings is 1. The highest BCUT2D eigenvalue weighted by molar-refractivity contribution is 7.80. The van der Waals surface area contributed by atoms with Gasteiger partial charge < -0.3 is 15.2 Å². The van der Waals surface area contributed by atoms with Crippen LogP contribution in [0.15, 0.2) is 18.7 Å². The molecule has 2 heterocycles. The third-order valence-electron chi connectivity index (χ3n) is 4.01. The van der Waals surface area contributed by atoms with Crippen LogP contribution in [0.5, 0.6) is 0 Å². The topological polar surface area (TPSA) is 50.3 Å². The molecule has 1 fully saturated rings. The van der Waals surface area contributed by atoms with Crippen molar-refractivity contribution in [2.75, 3.05) is 32.7 Å². The van der Waals surface area contributed by atoms with Crippen LogP contribution < -0.4 is 5.73 Å². The Kier molecular flexibility index (Phi) is 5.94. The predicted octanol–water partition coefficient (Wildman–Crippen LogP) is 0.955. The van der Waals surface area contributed by atoms with Gasteiger partial charge in [0.25, 0.3) is 0 Å². The molecule has 112 valence electrons. The monoisotopic (exact) mass is 295 g/mol. The van der Waals surface area contributed by atoms with Crippen molar-refractivity contribution in [3.8, 4) is 0 Å². The average Bonchev–Trinajstić information content (AvgIpc) is 2.94. The summed E-state index contributed by atoms with van der Waals surface area (Å²) in [7, 11) is 0. The number of aryl methyl sites for hydroxylation is 1. The molecule has 6 heteroatoms. The van der Waals surface area contributed by atoms with Gasteiger partial charge in [-0.05, 0) is 19.4 Å². The highest BCUT2D eigenvalue weighted by atomic mass is 32.1. The molecule has 0 spiro atoms. The van der Waals surface area contributed by atoms with Crippen molar-refractivity contribution in [1.29, 1.82) is 0 Å². The van der Waals surface area contributed by atoms with Gasteiger partial charge in [0, 0.05) is 45.1 Å². The summed E-state index contributed by atoms with van der Waals surface area (Å²) in [5.41, 5.74) is 5.81. The largest absolute Gasteiger partial charge is 0.392 e. The van der Waals surface area contributed by atoms with E-state index in [0.29, 0.717) is 4.99 Å². The molecule has 0 radical (unpaired) electrons. The van der Waals surface area contributed by atoms with Crippen molar-refractivity contribution in [3.05, 3.63) is 18.7 Å². The van der Waals surface area contributed by atoms with Gasteiger partial charge in [-0.25, -0.2) is 4.98 Å². The van der Waals surface area contributed by atoms with Crippen LogP contribution in [0.25, 0.3) is 0 Å². The second-order valence-corrected chi connectivity index (χ2v) is 5.83. The summed E-state index contributed by atoms with van der Waals surface area (Å²) in [6.45, 7) is 8.72. The lowest BCUT2D eigenvalue weighted by Crippen LogP contribution is -2.53. The highest BCUT2D eigenvalue weighted by Gasteiger charge is 2.23. The number of nitrogens with zero attached hydrogens (tertiary/aromatic N) is 4. The Morgan fingerprint density at radius 3 is 2.60 bits per heavy atom. The van der Waals surface area contributed by atoms with Crippen LogP contribution in [0.1, 0.15) is 19.8 Å². The fraction of sp³-hybridized carbons (Fsp3) is 0.714. The standard InChI is InChI=1S/C14H25N5S/c1-2-13(14(15)20)19-10-8-17(9-11-19)5-3-6-18-7-4-16-12-18/h4,7,12-13H,2-3,5-6,8-11H2,1H3,(H2,15,20). The van der Waals surface area contributed by atoms with E-state index in [0.717, 1.165) is 45.7 Å². The maximum atomic E-state index is 5.81. The zero-order valence-corrected chi connectivity index (χ0v) is 13.1. The maximum absolute atomic E-state index is 5.81. The predicted molar refractivity (Wildman–Crippen MR) is 85.7 cm³/mol. The number of aromatic nitrogens is 2. The minimum absolute atomic E-state index is 0.276. The van der Waals surface area contributed by atoms with E-state index in [9.17, 15) is 0 Å². The zero-order chi connectivity index (χ0) is 14.4. The number of nitrogens with two attached hydrogens (primary N) is 1. The van der Waals surface area contributed by atoms with E-state index >= 15 is 0 Å². The quantitative estimate of drug-likeness (QED) is 0.759. The van der Waals surface area contributed by atoms with Crippen LogP contribution in [0, 0.1) is 0 Å². The molecule has 2 N–H and O–H groups in total. The molecule has 1 aromatic rings. The number of thiocarbonyl (C=S) groups is 1. The molecule has 0 amide bonds. The van der Waals surface area contributed by atoms with Crippen LogP contribution in [0.4, 0.5) is 0 Å². The van der Waals surface area contributed by atoms with Gasteiger partial charge >= 0.3 is 0 Å². The van der Waals surface area contributed by atoms with E-state index < -0.39 is 0 Å². The maximum Gasteiger partial charge on any atom is 0.0945 e. The van der Waals surface area contributed by atoms with Crippen LogP contribution in [0.2, 0.25) is 0 Å². The molecule has 5 nitrogen and oxygen atoms in total. The van der Waals surface area contributed by atoms with E-state index in [1.54, 1.807) is 0 Å². The smallest absolute Gasteiger partial charge is 0.0945 e. The Bertz CT molecular complexity index is 398. The van der Waals surface area contributed by atoms with Gasteiger partial charge in [0.15, 0.2) is 0 Å². The second-order valence-electron chi connectivity index (χ2n) is 5.36. The van der Waals surface area contributed by atoms with Crippen molar-refractivity contribution < 1.29 is 0 Å². The molecule has 0 bridgehead atoms. The molecule has 1 saturated heterocycles. The third-order valence-corrected chi connectivity index (χ3v) is 4.28. The molecule has 1 aromatic heterocycles. The summed E-state index contributed by atoms with van der Waals surface area (Å²) in [4.78, 5) is 9.65. The van der Waals surface area contributed by atoms with Crippen LogP contribution in [0.3, 0.4) is 0 Å². The first-order chi connectivity index (χ1) is 9.70. The Balaban J connectivity index is 1.67. The molecule has 0 aromatic carbocycles. The fourth-order valence-corrected chi connectivity index (χ4v) is 3.15. The molecule has 1 atom stereocenters. The third kappa shape index (κ3) is 4.26. The second kappa shape index (κ2) is 7.71. The summed E-state index contributed by atoms with van der Waals surface area (Å²) in [5.74, 6) is 0. The van der Waals surface area contributed by atoms with Crippen molar-refractivity contribution in [3.63, 3.8) is 0 Å². The van der Waals surface area contributed by atoms with E-state index in [-0.39, 0.29) is 6.04 Å². The molecule has 2 rings (SSSR count). The van der Waals surface area contributed by atoms with Gasteiger partial charge in [-0.15, -0.1) is 0 Å². The van der Waals surface area contributed by atoms with Crippen molar-refractivity contribution >= 4 is 17.2 Å². The fourth-order valence-electron chi connectivity index (χ4n) is 2.83. The number of hydrogen-bond acceptors (Lipinski definition) is 4. The zero-order valence-electron chi connectivity index (χ0n) is 12.2. The normalized spacial score (nSPS) is 19.1. The van der Waals surface area contributed by atoms with E-state index in [4.69, 9.17) is 18.0 Å². The molecule has 0 aliphatic carbocycles. The average molecular weight is 295 g/mol. The van der Waals surface area contributed by atoms with E-state index in [2.05, 4.69) is 26.3 Å². The summed E-state index contributed by atoms with van der Waals surface area (Å²) in [6.07, 6.45) is 7.91. The first-order valence-electron chi connectivity index (χ1n) is 7.42. The lowest BCUT2D eigenvalue weighted by molar-refractivity contribution is 0.115. The van der Waals surface area contributed by atoms with Gasteiger partial charge in [-0.1, -0.05) is 19.1 Å². The minimum Gasteiger partial charge on any atom is -0.392 e. The van der Waals surface area contributed by atoms with Gasteiger partial charge in [-0.3, -0.25) is 4.90 Å². The SMILES string of the molecule is CCC(C(N)=S)N1CCN(CCCn2ccnc2)CC1. The lowest BCUT2D eigenvalue weighted by Gasteiger charge is -2.38. The molecular formula is C14H25N5S. The summed E-state index contributed by atoms with van der Waals surface area (Å²) in [6, 6.07) is 0.276. The highest BCUT2D eigenvalue weighted by Crippen LogP contribution is 2.10. The van der Waals surface area contributed by atoms with Gasteiger partial charge in [-0.2, -0.15) is 0 Å². The van der Waals surface area contributed by atoms with Crippen LogP contribution >= 0.6 is 12.2 Å². The van der Waals surface area contributed by atoms with E-state index in [1.807, 2.05) is 18.7 Å². The Morgan fingerprint density at radius 2 is 2.05 bits per heavy atom. The molecule has 0 saturated carbocycles. The first kappa shape index (κ1) is 15.4. The minimum atomic E-state index is 0.276. The van der Waals surface area contributed by atoms with Crippen molar-refractivity contribution in [2.45, 2.75) is 32.4 Å². The molecule has 1 aliphatic rings. The number of imidazole rings is 1. The first-order valence-corrected chi connectivity index (χ1v) is 7.83. The van der Waals surface area contributed by atoms with E-state index in [1.165, 1.54) is 6.42 Å². The summed E-state index contributed by atoms with van der Waals surface area (Å²) >= 11 is 5.16. The summed E-state index contributed by atoms with van der Waals surface area (Å²) < 4.78 is 2.14.